The lowest BCUT2D eigenvalue weighted by Gasteiger charge is -2.29. The number of allylic oxidation sites excluding steroid dienone is 1. The molecule has 3 amide bonds. The van der Waals surface area contributed by atoms with E-state index in [0.717, 1.165) is 29.0 Å². The summed E-state index contributed by atoms with van der Waals surface area (Å²) in [4.78, 5) is 38.5. The number of imide groups is 1. The van der Waals surface area contributed by atoms with Gasteiger partial charge in [-0.15, -0.1) is 11.3 Å². The number of fused-ring (bicyclic) bond motifs is 1. The van der Waals surface area contributed by atoms with Crippen LogP contribution < -0.4 is 5.32 Å². The maximum Gasteiger partial charge on any atom is 0.256 e. The number of rotatable bonds is 2. The van der Waals surface area contributed by atoms with Gasteiger partial charge in [-0.3, -0.25) is 19.7 Å². The number of piperidine rings is 1. The van der Waals surface area contributed by atoms with Gasteiger partial charge >= 0.3 is 0 Å². The predicted molar refractivity (Wildman–Crippen MR) is 83.5 cm³/mol. The Balaban J connectivity index is 1.61. The molecule has 3 aliphatic heterocycles. The molecule has 1 aromatic rings. The smallest absolute Gasteiger partial charge is 0.256 e. The number of ether oxygens (including phenoxy) is 1. The largest absolute Gasteiger partial charge is 0.492 e. The van der Waals surface area contributed by atoms with Gasteiger partial charge in [0.2, 0.25) is 11.8 Å². The van der Waals surface area contributed by atoms with Crippen molar-refractivity contribution in [3.8, 4) is 0 Å². The van der Waals surface area contributed by atoms with E-state index in [1.54, 1.807) is 4.90 Å². The summed E-state index contributed by atoms with van der Waals surface area (Å²) in [5.41, 5.74) is 1.60. The van der Waals surface area contributed by atoms with E-state index in [1.807, 2.05) is 5.38 Å². The molecule has 1 atom stereocenters. The van der Waals surface area contributed by atoms with Crippen molar-refractivity contribution in [2.24, 2.45) is 0 Å². The SMILES string of the molecule is O=C1CCC(N2Cc3c(csc3C3=CCCCO3)C2=O)C(=O)N1. The van der Waals surface area contributed by atoms with Crippen molar-refractivity contribution in [1.82, 2.24) is 10.2 Å². The summed E-state index contributed by atoms with van der Waals surface area (Å²) in [7, 11) is 0. The average Bonchev–Trinajstić information content (AvgIpc) is 3.09. The molecule has 1 N–H and O–H groups in total. The number of carbonyl (C=O) groups excluding carboxylic acids is 3. The minimum Gasteiger partial charge on any atom is -0.492 e. The van der Waals surface area contributed by atoms with Gasteiger partial charge in [0.15, 0.2) is 0 Å². The van der Waals surface area contributed by atoms with Crippen LogP contribution >= 0.6 is 11.3 Å². The quantitative estimate of drug-likeness (QED) is 0.836. The Hall–Kier alpha value is -2.15. The summed E-state index contributed by atoms with van der Waals surface area (Å²) in [6.07, 6.45) is 4.72. The molecule has 1 fully saturated rings. The highest BCUT2D eigenvalue weighted by Crippen LogP contribution is 2.38. The predicted octanol–water partition coefficient (Wildman–Crippen LogP) is 1.66. The van der Waals surface area contributed by atoms with Crippen molar-refractivity contribution >= 4 is 34.8 Å². The lowest BCUT2D eigenvalue weighted by Crippen LogP contribution is -2.52. The Kier molecular flexibility index (Phi) is 3.45. The number of amides is 3. The van der Waals surface area contributed by atoms with Gasteiger partial charge in [0.1, 0.15) is 11.8 Å². The van der Waals surface area contributed by atoms with Gasteiger partial charge in [0, 0.05) is 23.9 Å². The van der Waals surface area contributed by atoms with Crippen molar-refractivity contribution in [3.05, 3.63) is 27.5 Å². The molecule has 23 heavy (non-hydrogen) atoms. The van der Waals surface area contributed by atoms with E-state index in [4.69, 9.17) is 4.74 Å². The Morgan fingerprint density at radius 3 is 2.91 bits per heavy atom. The van der Waals surface area contributed by atoms with Crippen molar-refractivity contribution < 1.29 is 19.1 Å². The van der Waals surface area contributed by atoms with Crippen molar-refractivity contribution in [2.75, 3.05) is 6.61 Å². The monoisotopic (exact) mass is 332 g/mol. The van der Waals surface area contributed by atoms with Crippen molar-refractivity contribution in [3.63, 3.8) is 0 Å². The zero-order chi connectivity index (χ0) is 16.0. The van der Waals surface area contributed by atoms with Gasteiger partial charge in [-0.05, 0) is 25.3 Å². The topological polar surface area (TPSA) is 75.7 Å². The minimum absolute atomic E-state index is 0.131. The molecule has 0 saturated carbocycles. The highest BCUT2D eigenvalue weighted by atomic mass is 32.1. The normalized spacial score (nSPS) is 24.2. The Morgan fingerprint density at radius 2 is 2.17 bits per heavy atom. The van der Waals surface area contributed by atoms with Crippen LogP contribution in [-0.2, 0) is 20.9 Å². The molecule has 120 valence electrons. The Bertz CT molecular complexity index is 736. The summed E-state index contributed by atoms with van der Waals surface area (Å²) in [6.45, 7) is 1.10. The number of carbonyl (C=O) groups is 3. The maximum absolute atomic E-state index is 12.6. The fraction of sp³-hybridized carbons (Fsp3) is 0.438. The molecule has 0 radical (unpaired) electrons. The first-order chi connectivity index (χ1) is 11.1. The Morgan fingerprint density at radius 1 is 1.30 bits per heavy atom. The zero-order valence-corrected chi connectivity index (χ0v) is 13.3. The van der Waals surface area contributed by atoms with Gasteiger partial charge in [0.05, 0.1) is 17.0 Å². The second-order valence-electron chi connectivity index (χ2n) is 5.92. The van der Waals surface area contributed by atoms with E-state index in [9.17, 15) is 14.4 Å². The molecule has 1 saturated heterocycles. The summed E-state index contributed by atoms with van der Waals surface area (Å²) >= 11 is 1.52. The van der Waals surface area contributed by atoms with E-state index >= 15 is 0 Å². The maximum atomic E-state index is 12.6. The first-order valence-corrected chi connectivity index (χ1v) is 8.61. The molecule has 0 aromatic carbocycles. The summed E-state index contributed by atoms with van der Waals surface area (Å²) in [6, 6.07) is -0.563. The van der Waals surface area contributed by atoms with Crippen LogP contribution in [0, 0.1) is 0 Å². The molecular weight excluding hydrogens is 316 g/mol. The molecule has 3 aliphatic rings. The van der Waals surface area contributed by atoms with E-state index < -0.39 is 6.04 Å². The molecule has 0 bridgehead atoms. The van der Waals surface area contributed by atoms with Crippen LogP contribution in [0.25, 0.3) is 5.76 Å². The molecule has 4 heterocycles. The molecular formula is C16H16N2O4S. The van der Waals surface area contributed by atoms with Crippen LogP contribution in [0.4, 0.5) is 0 Å². The standard InChI is InChI=1S/C16H16N2O4S/c19-13-5-4-11(15(20)17-13)18-7-9-10(16(18)21)8-23-14(9)12-3-1-2-6-22-12/h3,8,11H,1-2,4-7H2,(H,17,19,20). The lowest BCUT2D eigenvalue weighted by molar-refractivity contribution is -0.136. The zero-order valence-electron chi connectivity index (χ0n) is 12.5. The van der Waals surface area contributed by atoms with Gasteiger partial charge in [-0.2, -0.15) is 0 Å². The van der Waals surface area contributed by atoms with Crippen molar-refractivity contribution in [1.29, 1.82) is 0 Å². The molecule has 0 aliphatic carbocycles. The van der Waals surface area contributed by atoms with Gasteiger partial charge in [-0.25, -0.2) is 0 Å². The van der Waals surface area contributed by atoms with E-state index in [2.05, 4.69) is 11.4 Å². The van der Waals surface area contributed by atoms with Crippen LogP contribution in [0.5, 0.6) is 0 Å². The highest BCUT2D eigenvalue weighted by Gasteiger charge is 2.41. The van der Waals surface area contributed by atoms with E-state index in [1.165, 1.54) is 11.3 Å². The fourth-order valence-electron chi connectivity index (χ4n) is 3.27. The number of nitrogens with zero attached hydrogens (tertiary/aromatic N) is 1. The highest BCUT2D eigenvalue weighted by molar-refractivity contribution is 7.11. The van der Waals surface area contributed by atoms with Gasteiger partial charge in [-0.1, -0.05) is 0 Å². The first-order valence-electron chi connectivity index (χ1n) is 7.73. The van der Waals surface area contributed by atoms with Crippen molar-refractivity contribution in [2.45, 2.75) is 38.3 Å². The summed E-state index contributed by atoms with van der Waals surface area (Å²) < 4.78 is 5.72. The third-order valence-corrected chi connectivity index (χ3v) is 5.50. The second-order valence-corrected chi connectivity index (χ2v) is 6.80. The fourth-order valence-corrected chi connectivity index (χ4v) is 4.32. The first kappa shape index (κ1) is 14.4. The van der Waals surface area contributed by atoms with Crippen LogP contribution in [0.1, 0.15) is 46.5 Å². The average molecular weight is 332 g/mol. The van der Waals surface area contributed by atoms with E-state index in [-0.39, 0.29) is 24.1 Å². The lowest BCUT2D eigenvalue weighted by atomic mass is 10.0. The number of hydrogen-bond acceptors (Lipinski definition) is 5. The second kappa shape index (κ2) is 5.49. The number of nitrogens with one attached hydrogen (secondary N) is 1. The van der Waals surface area contributed by atoms with E-state index in [0.29, 0.717) is 25.1 Å². The van der Waals surface area contributed by atoms with Gasteiger partial charge in [0.25, 0.3) is 5.91 Å². The van der Waals surface area contributed by atoms with Crippen LogP contribution in [0.15, 0.2) is 11.5 Å². The molecule has 0 spiro atoms. The van der Waals surface area contributed by atoms with Crippen LogP contribution in [-0.4, -0.2) is 35.3 Å². The molecule has 7 heteroatoms. The van der Waals surface area contributed by atoms with Crippen LogP contribution in [0.3, 0.4) is 0 Å². The Labute approximate surface area is 137 Å². The summed E-state index contributed by atoms with van der Waals surface area (Å²) in [5.74, 6) is 0.0699. The third kappa shape index (κ3) is 2.35. The molecule has 1 unspecified atom stereocenters. The number of thiophene rings is 1. The third-order valence-electron chi connectivity index (χ3n) is 4.46. The number of hydrogen-bond donors (Lipinski definition) is 1. The molecule has 1 aromatic heterocycles. The molecule has 6 nitrogen and oxygen atoms in total. The summed E-state index contributed by atoms with van der Waals surface area (Å²) in [5, 5.41) is 4.16. The molecule has 4 rings (SSSR count). The van der Waals surface area contributed by atoms with Crippen LogP contribution in [0.2, 0.25) is 0 Å². The van der Waals surface area contributed by atoms with Gasteiger partial charge < -0.3 is 9.64 Å². The minimum atomic E-state index is -0.563.